The first kappa shape index (κ1) is 13.4. The standard InChI is InChI=1S/C14H18NO2/c1-11(2)9-14(10-16)15(12(3)17)13-7-5-4-6-8-13/h4-8,11,14H,9H2,1-3H3/t14-/m0/s1. The van der Waals surface area contributed by atoms with Crippen LogP contribution in [0.25, 0.3) is 0 Å². The zero-order chi connectivity index (χ0) is 12.8. The van der Waals surface area contributed by atoms with E-state index in [1.54, 1.807) is 0 Å². The van der Waals surface area contributed by atoms with Gasteiger partial charge in [0.25, 0.3) is 0 Å². The summed E-state index contributed by atoms with van der Waals surface area (Å²) in [4.78, 5) is 24.2. The Bertz CT molecular complexity index is 373. The molecule has 1 aromatic carbocycles. The number of anilines is 1. The summed E-state index contributed by atoms with van der Waals surface area (Å²) in [6, 6.07) is 8.72. The van der Waals surface area contributed by atoms with Gasteiger partial charge in [0.2, 0.25) is 12.2 Å². The molecule has 0 saturated carbocycles. The Labute approximate surface area is 102 Å². The molecule has 3 nitrogen and oxygen atoms in total. The van der Waals surface area contributed by atoms with Crippen LogP contribution in [0.5, 0.6) is 0 Å². The fourth-order valence-electron chi connectivity index (χ4n) is 1.82. The van der Waals surface area contributed by atoms with Crippen LogP contribution in [0.15, 0.2) is 30.3 Å². The highest BCUT2D eigenvalue weighted by Gasteiger charge is 2.23. The van der Waals surface area contributed by atoms with Gasteiger partial charge in [-0.25, -0.2) is 0 Å². The number of para-hydroxylation sites is 1. The lowest BCUT2D eigenvalue weighted by Gasteiger charge is -2.27. The lowest BCUT2D eigenvalue weighted by Crippen LogP contribution is -2.41. The van der Waals surface area contributed by atoms with Gasteiger partial charge in [-0.3, -0.25) is 9.59 Å². The third-order valence-corrected chi connectivity index (χ3v) is 2.52. The predicted molar refractivity (Wildman–Crippen MR) is 68.5 cm³/mol. The molecule has 1 amide bonds. The lowest BCUT2D eigenvalue weighted by molar-refractivity contribution is -0.116. The van der Waals surface area contributed by atoms with Crippen LogP contribution in [0.3, 0.4) is 0 Å². The van der Waals surface area contributed by atoms with E-state index >= 15 is 0 Å². The molecular weight excluding hydrogens is 214 g/mol. The molecule has 1 rings (SSSR count). The molecule has 0 N–H and O–H groups in total. The summed E-state index contributed by atoms with van der Waals surface area (Å²) in [5, 5.41) is 0. The van der Waals surface area contributed by atoms with Gasteiger partial charge in [0.1, 0.15) is 6.04 Å². The van der Waals surface area contributed by atoms with Gasteiger partial charge in [0.05, 0.1) is 0 Å². The van der Waals surface area contributed by atoms with Gasteiger partial charge in [0.15, 0.2) is 0 Å². The number of rotatable bonds is 5. The highest BCUT2D eigenvalue weighted by atomic mass is 16.2. The van der Waals surface area contributed by atoms with Crippen LogP contribution < -0.4 is 4.90 Å². The van der Waals surface area contributed by atoms with E-state index in [2.05, 4.69) is 0 Å². The molecule has 0 spiro atoms. The van der Waals surface area contributed by atoms with Crippen molar-refractivity contribution in [1.29, 1.82) is 0 Å². The Morgan fingerprint density at radius 1 is 1.29 bits per heavy atom. The average molecular weight is 232 g/mol. The monoisotopic (exact) mass is 232 g/mol. The topological polar surface area (TPSA) is 37.4 Å². The van der Waals surface area contributed by atoms with E-state index in [1.165, 1.54) is 11.8 Å². The molecule has 1 radical (unpaired) electrons. The molecule has 0 saturated heterocycles. The van der Waals surface area contributed by atoms with Crippen LogP contribution in [-0.4, -0.2) is 18.2 Å². The molecule has 0 unspecified atom stereocenters. The fourth-order valence-corrected chi connectivity index (χ4v) is 1.82. The first-order valence-electron chi connectivity index (χ1n) is 5.78. The van der Waals surface area contributed by atoms with Crippen molar-refractivity contribution in [3.63, 3.8) is 0 Å². The molecule has 17 heavy (non-hydrogen) atoms. The molecule has 0 aliphatic heterocycles. The Balaban J connectivity index is 2.99. The molecule has 1 aromatic rings. The number of nitrogens with zero attached hydrogens (tertiary/aromatic N) is 1. The summed E-state index contributed by atoms with van der Waals surface area (Å²) in [7, 11) is 0. The number of carbonyl (C=O) groups excluding carboxylic acids is 2. The maximum absolute atomic E-state index is 11.7. The van der Waals surface area contributed by atoms with Gasteiger partial charge in [-0.15, -0.1) is 0 Å². The third-order valence-electron chi connectivity index (χ3n) is 2.52. The van der Waals surface area contributed by atoms with Crippen molar-refractivity contribution in [2.75, 3.05) is 4.90 Å². The minimum atomic E-state index is -0.505. The summed E-state index contributed by atoms with van der Waals surface area (Å²) in [5.74, 6) is 0.206. The zero-order valence-electron chi connectivity index (χ0n) is 10.5. The van der Waals surface area contributed by atoms with E-state index in [0.717, 1.165) is 5.69 Å². The van der Waals surface area contributed by atoms with Gasteiger partial charge in [-0.1, -0.05) is 32.0 Å². The van der Waals surface area contributed by atoms with Crippen molar-refractivity contribution in [1.82, 2.24) is 0 Å². The summed E-state index contributed by atoms with van der Waals surface area (Å²) in [6.07, 6.45) is 2.59. The van der Waals surface area contributed by atoms with Crippen molar-refractivity contribution in [3.8, 4) is 0 Å². The van der Waals surface area contributed by atoms with E-state index in [-0.39, 0.29) is 5.91 Å². The molecule has 0 bridgehead atoms. The largest absolute Gasteiger partial charge is 0.302 e. The van der Waals surface area contributed by atoms with E-state index in [9.17, 15) is 9.59 Å². The highest BCUT2D eigenvalue weighted by Crippen LogP contribution is 2.19. The smallest absolute Gasteiger partial charge is 0.224 e. The molecular formula is C14H18NO2. The van der Waals surface area contributed by atoms with Crippen molar-refractivity contribution < 1.29 is 9.59 Å². The minimum Gasteiger partial charge on any atom is -0.302 e. The van der Waals surface area contributed by atoms with E-state index in [1.807, 2.05) is 50.5 Å². The van der Waals surface area contributed by atoms with Gasteiger partial charge >= 0.3 is 0 Å². The number of amides is 1. The fraction of sp³-hybridized carbons (Fsp3) is 0.429. The number of benzene rings is 1. The van der Waals surface area contributed by atoms with Crippen LogP contribution in [0, 0.1) is 5.92 Å². The maximum Gasteiger partial charge on any atom is 0.224 e. The van der Waals surface area contributed by atoms with E-state index in [0.29, 0.717) is 12.3 Å². The molecule has 1 atom stereocenters. The summed E-state index contributed by atoms with van der Waals surface area (Å²) >= 11 is 0. The van der Waals surface area contributed by atoms with Gasteiger partial charge in [-0.05, 0) is 24.5 Å². The SMILES string of the molecule is CC(=O)N(c1ccccc1)[C@H]([C]=O)CC(C)C. The first-order valence-corrected chi connectivity index (χ1v) is 5.78. The first-order chi connectivity index (χ1) is 8.06. The summed E-state index contributed by atoms with van der Waals surface area (Å²) in [6.45, 7) is 5.51. The second-order valence-corrected chi connectivity index (χ2v) is 4.49. The molecule has 0 aliphatic carbocycles. The van der Waals surface area contributed by atoms with Crippen LogP contribution >= 0.6 is 0 Å². The van der Waals surface area contributed by atoms with Crippen LogP contribution in [0.4, 0.5) is 5.69 Å². The third kappa shape index (κ3) is 3.70. The van der Waals surface area contributed by atoms with Crippen LogP contribution in [0.1, 0.15) is 27.2 Å². The predicted octanol–water partition coefficient (Wildman–Crippen LogP) is 2.56. The van der Waals surface area contributed by atoms with E-state index in [4.69, 9.17) is 0 Å². The maximum atomic E-state index is 11.7. The summed E-state index contributed by atoms with van der Waals surface area (Å²) in [5.41, 5.74) is 0.744. The number of hydrogen-bond acceptors (Lipinski definition) is 2. The molecule has 3 heteroatoms. The van der Waals surface area contributed by atoms with Crippen LogP contribution in [0.2, 0.25) is 0 Å². The molecule has 0 heterocycles. The van der Waals surface area contributed by atoms with Crippen molar-refractivity contribution >= 4 is 17.9 Å². The Hall–Kier alpha value is -1.64. The van der Waals surface area contributed by atoms with Gasteiger partial charge < -0.3 is 4.90 Å². The number of carbonyl (C=O) groups is 1. The quantitative estimate of drug-likeness (QED) is 0.782. The minimum absolute atomic E-state index is 0.134. The lowest BCUT2D eigenvalue weighted by atomic mass is 10.0. The Morgan fingerprint density at radius 2 is 1.88 bits per heavy atom. The van der Waals surface area contributed by atoms with Gasteiger partial charge in [0, 0.05) is 12.6 Å². The molecule has 0 aliphatic rings. The second-order valence-electron chi connectivity index (χ2n) is 4.49. The number of hydrogen-bond donors (Lipinski definition) is 0. The van der Waals surface area contributed by atoms with Gasteiger partial charge in [-0.2, -0.15) is 0 Å². The second kappa shape index (κ2) is 6.18. The molecule has 0 aromatic heterocycles. The highest BCUT2D eigenvalue weighted by molar-refractivity contribution is 5.95. The zero-order valence-corrected chi connectivity index (χ0v) is 10.5. The Kier molecular flexibility index (Phi) is 4.88. The average Bonchev–Trinajstić information content (AvgIpc) is 2.28. The van der Waals surface area contributed by atoms with Crippen molar-refractivity contribution in [2.45, 2.75) is 33.2 Å². The van der Waals surface area contributed by atoms with Crippen molar-refractivity contribution in [3.05, 3.63) is 30.3 Å². The normalized spacial score (nSPS) is 12.2. The molecule has 0 fully saturated rings. The Morgan fingerprint density at radius 3 is 2.29 bits per heavy atom. The molecule has 91 valence electrons. The summed E-state index contributed by atoms with van der Waals surface area (Å²) < 4.78 is 0. The van der Waals surface area contributed by atoms with E-state index < -0.39 is 6.04 Å². The van der Waals surface area contributed by atoms with Crippen LogP contribution in [-0.2, 0) is 9.59 Å². The van der Waals surface area contributed by atoms with Crippen molar-refractivity contribution in [2.24, 2.45) is 5.92 Å².